The first-order valence-electron chi connectivity index (χ1n) is 14.4. The Labute approximate surface area is 288 Å². The zero-order valence-electron chi connectivity index (χ0n) is 27.3. The van der Waals surface area contributed by atoms with Gasteiger partial charge in [0, 0.05) is 12.1 Å². The Morgan fingerprint density at radius 1 is 0.792 bits per heavy atom. The summed E-state index contributed by atoms with van der Waals surface area (Å²) in [6.45, 7) is 7.49. The van der Waals surface area contributed by atoms with Crippen molar-refractivity contribution in [3.63, 3.8) is 0 Å². The van der Waals surface area contributed by atoms with Crippen molar-refractivity contribution in [3.8, 4) is 0 Å². The first-order valence-corrected chi connectivity index (χ1v) is 15.2. The van der Waals surface area contributed by atoms with Crippen molar-refractivity contribution in [3.05, 3.63) is 87.2 Å². The van der Waals surface area contributed by atoms with Gasteiger partial charge in [0.05, 0.1) is 48.8 Å². The minimum absolute atomic E-state index is 0.0484. The number of hydrogen-bond acceptors (Lipinski definition) is 10. The summed E-state index contributed by atoms with van der Waals surface area (Å²) >= 11 is 9.88. The van der Waals surface area contributed by atoms with E-state index in [-0.39, 0.29) is 57.1 Å². The second-order valence-corrected chi connectivity index (χ2v) is 11.4. The van der Waals surface area contributed by atoms with Gasteiger partial charge in [0.15, 0.2) is 10.2 Å². The summed E-state index contributed by atoms with van der Waals surface area (Å²) in [5, 5.41) is 6.72. The number of rotatable bonds is 10. The van der Waals surface area contributed by atoms with Gasteiger partial charge in [-0.2, -0.15) is 5.10 Å². The zero-order valence-corrected chi connectivity index (χ0v) is 28.9. The van der Waals surface area contributed by atoms with Crippen LogP contribution in [0.15, 0.2) is 52.6 Å². The Hall–Kier alpha value is -5.48. The van der Waals surface area contributed by atoms with Crippen LogP contribution in [0.1, 0.15) is 54.4 Å². The Morgan fingerprint density at radius 2 is 1.31 bits per heavy atom. The number of ether oxygens (including phenoxy) is 2. The first-order chi connectivity index (χ1) is 22.7. The summed E-state index contributed by atoms with van der Waals surface area (Å²) in [5.74, 6) is -1.94. The standard InChI is InChI=1S/C32H37N9O5S2/c1-16-9-7-10-17(2)26(16)36-25(39-41-32(34)48)15-23-21(30(44)46-6)13-20(29(43)45-5)22(35-23)14-24(38-40-31(33)47)28(42)37-27-18(3)11-8-12-19(27)4/h7-13H,14-15H2,1-6H3,(H,36,39)(H,37,42)(H3,33,40,47)(H3,34,41,48)/b38-24+. The molecular formula is C32H37N9O5S2. The molecule has 8 N–H and O–H groups in total. The highest BCUT2D eigenvalue weighted by Crippen LogP contribution is 2.25. The summed E-state index contributed by atoms with van der Waals surface area (Å²) in [6.07, 6.45) is -0.415. The molecule has 1 amide bonds. The quantitative estimate of drug-likeness (QED) is 0.0595. The van der Waals surface area contributed by atoms with E-state index in [0.29, 0.717) is 11.4 Å². The summed E-state index contributed by atoms with van der Waals surface area (Å²) in [5.41, 5.74) is 23.8. The number of pyridine rings is 1. The predicted molar refractivity (Wildman–Crippen MR) is 192 cm³/mol. The van der Waals surface area contributed by atoms with Crippen molar-refractivity contribution in [1.29, 1.82) is 0 Å². The molecule has 1 heterocycles. The average Bonchev–Trinajstić information content (AvgIpc) is 3.04. The molecule has 3 aromatic rings. The molecule has 0 atom stereocenters. The van der Waals surface area contributed by atoms with Crippen LogP contribution in [0.4, 0.5) is 11.4 Å². The zero-order chi connectivity index (χ0) is 35.5. The predicted octanol–water partition coefficient (Wildman–Crippen LogP) is 2.87. The molecule has 16 heteroatoms. The third kappa shape index (κ3) is 9.76. The number of amidine groups is 1. The van der Waals surface area contributed by atoms with Gasteiger partial charge in [-0.1, -0.05) is 36.4 Å². The molecule has 2 aromatic carbocycles. The van der Waals surface area contributed by atoms with Gasteiger partial charge in [0.1, 0.15) is 11.5 Å². The van der Waals surface area contributed by atoms with Crippen LogP contribution in [0.25, 0.3) is 0 Å². The molecule has 0 aliphatic rings. The number of carbonyl (C=O) groups excluding carboxylic acids is 3. The number of nitrogens with two attached hydrogens (primary N) is 2. The fourth-order valence-electron chi connectivity index (χ4n) is 4.61. The van der Waals surface area contributed by atoms with E-state index in [4.69, 9.17) is 50.4 Å². The number of hydrogen-bond donors (Lipinski definition) is 6. The van der Waals surface area contributed by atoms with E-state index in [2.05, 4.69) is 31.7 Å². The van der Waals surface area contributed by atoms with Crippen molar-refractivity contribution in [2.45, 2.75) is 40.5 Å². The van der Waals surface area contributed by atoms with Gasteiger partial charge in [-0.25, -0.2) is 14.6 Å². The van der Waals surface area contributed by atoms with Crippen molar-refractivity contribution in [1.82, 2.24) is 21.3 Å². The number of aryl methyl sites for hydroxylation is 4. The molecule has 0 saturated heterocycles. The molecule has 3 rings (SSSR count). The molecule has 0 saturated carbocycles. The van der Waals surface area contributed by atoms with Crippen LogP contribution in [0.2, 0.25) is 0 Å². The number of thiocarbonyl (C=S) groups is 2. The maximum Gasteiger partial charge on any atom is 0.339 e. The van der Waals surface area contributed by atoms with Crippen molar-refractivity contribution < 1.29 is 23.9 Å². The van der Waals surface area contributed by atoms with Crippen LogP contribution < -0.4 is 33.1 Å². The highest BCUT2D eigenvalue weighted by Gasteiger charge is 2.26. The lowest BCUT2D eigenvalue weighted by Gasteiger charge is -2.17. The maximum absolute atomic E-state index is 13.6. The summed E-state index contributed by atoms with van der Waals surface area (Å²) in [6, 6.07) is 12.5. The number of esters is 2. The van der Waals surface area contributed by atoms with E-state index in [1.54, 1.807) is 0 Å². The Balaban J connectivity index is 2.21. The number of para-hydroxylation sites is 2. The normalized spacial score (nSPS) is 11.3. The number of carbonyl (C=O) groups is 3. The van der Waals surface area contributed by atoms with Crippen LogP contribution in [-0.4, -0.2) is 58.8 Å². The smallest absolute Gasteiger partial charge is 0.339 e. The minimum atomic E-state index is -0.816. The molecule has 0 fully saturated rings. The number of nitrogens with zero attached hydrogens (tertiary/aromatic N) is 3. The van der Waals surface area contributed by atoms with Gasteiger partial charge < -0.3 is 26.3 Å². The van der Waals surface area contributed by atoms with Gasteiger partial charge in [-0.15, -0.1) is 0 Å². The molecule has 48 heavy (non-hydrogen) atoms. The molecule has 1 aromatic heterocycles. The number of aliphatic imine (C=N–C) groups is 1. The lowest BCUT2D eigenvalue weighted by molar-refractivity contribution is -0.110. The monoisotopic (exact) mass is 691 g/mol. The lowest BCUT2D eigenvalue weighted by Crippen LogP contribution is -2.45. The van der Waals surface area contributed by atoms with E-state index >= 15 is 0 Å². The van der Waals surface area contributed by atoms with Crippen molar-refractivity contribution in [2.24, 2.45) is 21.6 Å². The number of hydrazone groups is 1. The highest BCUT2D eigenvalue weighted by atomic mass is 32.1. The van der Waals surface area contributed by atoms with Crippen LogP contribution in [0, 0.1) is 27.7 Å². The maximum atomic E-state index is 13.6. The second-order valence-electron chi connectivity index (χ2n) is 10.5. The Kier molecular flexibility index (Phi) is 13.0. The van der Waals surface area contributed by atoms with E-state index < -0.39 is 17.8 Å². The Bertz CT molecular complexity index is 1790. The van der Waals surface area contributed by atoms with E-state index in [1.165, 1.54) is 20.3 Å². The van der Waals surface area contributed by atoms with Crippen LogP contribution in [0.5, 0.6) is 0 Å². The van der Waals surface area contributed by atoms with Gasteiger partial charge >= 0.3 is 11.9 Å². The number of nitrogens with one attached hydrogen (secondary N) is 4. The van der Waals surface area contributed by atoms with E-state index in [1.807, 2.05) is 64.1 Å². The van der Waals surface area contributed by atoms with Gasteiger partial charge in [-0.3, -0.25) is 26.1 Å². The molecular weight excluding hydrogens is 655 g/mol. The molecule has 0 aliphatic carbocycles. The number of methoxy groups -OCH3 is 2. The third-order valence-corrected chi connectivity index (χ3v) is 7.15. The van der Waals surface area contributed by atoms with Crippen molar-refractivity contribution >= 4 is 75.4 Å². The summed E-state index contributed by atoms with van der Waals surface area (Å²) < 4.78 is 10.0. The van der Waals surface area contributed by atoms with Crippen LogP contribution >= 0.6 is 24.4 Å². The van der Waals surface area contributed by atoms with Crippen LogP contribution in [0.3, 0.4) is 0 Å². The first kappa shape index (κ1) is 37.0. The molecule has 252 valence electrons. The number of aromatic nitrogens is 1. The van der Waals surface area contributed by atoms with Crippen molar-refractivity contribution in [2.75, 3.05) is 19.5 Å². The number of hydrazine groups is 1. The van der Waals surface area contributed by atoms with Crippen LogP contribution in [-0.2, 0) is 27.1 Å². The van der Waals surface area contributed by atoms with E-state index in [0.717, 1.165) is 22.3 Å². The second kappa shape index (κ2) is 16.9. The summed E-state index contributed by atoms with van der Waals surface area (Å²) in [4.78, 5) is 49.2. The SMILES string of the molecule is COC(=O)c1cc(C(=O)OC)c(C/C(=N\NC(N)=S)C(=O)Nc2c(C)cccc2C)nc1CC(=Nc1c(C)cccc1C)NNC(N)=S. The average molecular weight is 692 g/mol. The lowest BCUT2D eigenvalue weighted by atomic mass is 10.0. The highest BCUT2D eigenvalue weighted by molar-refractivity contribution is 7.80. The number of benzene rings is 2. The fraction of sp³-hybridized carbons (Fsp3) is 0.250. The Morgan fingerprint density at radius 3 is 1.81 bits per heavy atom. The largest absolute Gasteiger partial charge is 0.465 e. The van der Waals surface area contributed by atoms with Gasteiger partial charge in [0.2, 0.25) is 0 Å². The van der Waals surface area contributed by atoms with Gasteiger partial charge in [-0.05, 0) is 80.5 Å². The topological polar surface area (TPSA) is 207 Å². The fourth-order valence-corrected chi connectivity index (χ4v) is 4.70. The molecule has 0 aliphatic heterocycles. The number of amides is 1. The molecule has 0 spiro atoms. The molecule has 0 radical (unpaired) electrons. The van der Waals surface area contributed by atoms with Gasteiger partial charge in [0.25, 0.3) is 5.91 Å². The molecule has 14 nitrogen and oxygen atoms in total. The molecule has 0 bridgehead atoms. The third-order valence-electron chi connectivity index (χ3n) is 6.96. The molecule has 0 unspecified atom stereocenters. The summed E-state index contributed by atoms with van der Waals surface area (Å²) in [7, 11) is 2.37. The minimum Gasteiger partial charge on any atom is -0.465 e. The van der Waals surface area contributed by atoms with E-state index in [9.17, 15) is 14.4 Å². The number of anilines is 1.